The third kappa shape index (κ3) is 3.54. The number of nitrogens with zero attached hydrogens (tertiary/aromatic N) is 2. The van der Waals surface area contributed by atoms with Gasteiger partial charge >= 0.3 is 0 Å². The van der Waals surface area contributed by atoms with Crippen LogP contribution in [-0.4, -0.2) is 16.2 Å². The molecule has 1 amide bonds. The van der Waals surface area contributed by atoms with E-state index in [0.717, 1.165) is 29.5 Å². The second-order valence-corrected chi connectivity index (χ2v) is 6.59. The Kier molecular flexibility index (Phi) is 4.95. The fraction of sp³-hybridized carbons (Fsp3) is 0.182. The highest BCUT2D eigenvalue weighted by Crippen LogP contribution is 2.29. The average molecular weight is 389 g/mol. The molecule has 0 fully saturated rings. The normalized spacial score (nSPS) is 11.0. The number of rotatable bonds is 5. The predicted octanol–water partition coefficient (Wildman–Crippen LogP) is 4.22. The largest absolute Gasteiger partial charge is 0.451 e. The van der Waals surface area contributed by atoms with Crippen LogP contribution in [-0.2, 0) is 12.8 Å². The first-order valence-electron chi connectivity index (χ1n) is 9.39. The Morgan fingerprint density at radius 2 is 1.86 bits per heavy atom. The quantitative estimate of drug-likeness (QED) is 0.549. The molecule has 0 saturated heterocycles. The van der Waals surface area contributed by atoms with E-state index < -0.39 is 5.91 Å². The number of fused-ring (bicyclic) bond motifs is 1. The van der Waals surface area contributed by atoms with E-state index >= 15 is 0 Å². The van der Waals surface area contributed by atoms with Gasteiger partial charge in [-0.1, -0.05) is 38.1 Å². The zero-order valence-corrected chi connectivity index (χ0v) is 16.1. The Labute approximate surface area is 166 Å². The number of hydrogen-bond acceptors (Lipinski definition) is 6. The third-order valence-electron chi connectivity index (χ3n) is 4.80. The van der Waals surface area contributed by atoms with E-state index in [0.29, 0.717) is 16.7 Å². The van der Waals surface area contributed by atoms with Crippen molar-refractivity contribution < 1.29 is 13.8 Å². The molecule has 0 aliphatic carbocycles. The second kappa shape index (κ2) is 7.71. The van der Waals surface area contributed by atoms with Crippen molar-refractivity contribution in [1.29, 1.82) is 0 Å². The minimum atomic E-state index is -0.602. The molecule has 0 atom stereocenters. The molecule has 0 bridgehead atoms. The first-order valence-corrected chi connectivity index (χ1v) is 9.39. The summed E-state index contributed by atoms with van der Waals surface area (Å²) in [7, 11) is 0. The molecule has 1 N–H and O–H groups in total. The molecule has 7 nitrogen and oxygen atoms in total. The van der Waals surface area contributed by atoms with Crippen molar-refractivity contribution in [3.8, 4) is 11.3 Å². The minimum Gasteiger partial charge on any atom is -0.451 e. The van der Waals surface area contributed by atoms with Crippen LogP contribution in [0.4, 0.5) is 5.82 Å². The summed E-state index contributed by atoms with van der Waals surface area (Å²) >= 11 is 0. The number of aromatic nitrogens is 2. The average Bonchev–Trinajstić information content (AvgIpc) is 3.21. The van der Waals surface area contributed by atoms with Gasteiger partial charge in [0.15, 0.2) is 16.9 Å². The maximum Gasteiger partial charge on any atom is 0.292 e. The van der Waals surface area contributed by atoms with Crippen LogP contribution >= 0.6 is 0 Å². The first kappa shape index (κ1) is 18.6. The topological polar surface area (TPSA) is 98.2 Å². The highest BCUT2D eigenvalue weighted by atomic mass is 16.6. The van der Waals surface area contributed by atoms with Gasteiger partial charge in [-0.2, -0.15) is 0 Å². The summed E-state index contributed by atoms with van der Waals surface area (Å²) in [6.45, 7) is 4.11. The van der Waals surface area contributed by atoms with Crippen molar-refractivity contribution in [2.24, 2.45) is 0 Å². The van der Waals surface area contributed by atoms with Crippen molar-refractivity contribution in [2.45, 2.75) is 26.7 Å². The number of nitrogens with one attached hydrogen (secondary N) is 1. The van der Waals surface area contributed by atoms with E-state index in [1.54, 1.807) is 24.3 Å². The van der Waals surface area contributed by atoms with Gasteiger partial charge in [0.05, 0.1) is 5.39 Å². The van der Waals surface area contributed by atoms with E-state index in [-0.39, 0.29) is 17.0 Å². The van der Waals surface area contributed by atoms with E-state index in [1.165, 1.54) is 6.07 Å². The highest BCUT2D eigenvalue weighted by molar-refractivity contribution is 6.04. The molecule has 2 aromatic carbocycles. The van der Waals surface area contributed by atoms with Gasteiger partial charge in [0.1, 0.15) is 5.58 Å². The molecular formula is C22H19N3O4. The monoisotopic (exact) mass is 389 g/mol. The molecule has 4 aromatic rings. The Bertz CT molecular complexity index is 1260. The Morgan fingerprint density at radius 3 is 2.66 bits per heavy atom. The lowest BCUT2D eigenvalue weighted by atomic mass is 9.98. The lowest BCUT2D eigenvalue weighted by molar-refractivity contribution is 0.0996. The zero-order chi connectivity index (χ0) is 20.4. The van der Waals surface area contributed by atoms with E-state index in [1.807, 2.05) is 19.1 Å². The molecule has 29 heavy (non-hydrogen) atoms. The molecular weight excluding hydrogens is 370 g/mol. The number of amides is 1. The van der Waals surface area contributed by atoms with Crippen LogP contribution in [0.2, 0.25) is 0 Å². The van der Waals surface area contributed by atoms with E-state index in [4.69, 9.17) is 9.05 Å². The lowest BCUT2D eigenvalue weighted by Crippen LogP contribution is -2.15. The summed E-state index contributed by atoms with van der Waals surface area (Å²) in [4.78, 5) is 25.0. The standard InChI is InChI=1S/C22H19N3O4/c1-3-13-9-10-14(4-2)16(11-13)20-21(25-29-24-20)23-22(27)19-12-17(26)15-7-5-6-8-18(15)28-19/h5-12H,3-4H2,1-2H3,(H,23,25,27). The molecule has 0 spiro atoms. The first-order chi connectivity index (χ1) is 14.1. The number of aryl methyl sites for hydroxylation is 2. The summed E-state index contributed by atoms with van der Waals surface area (Å²) in [5, 5.41) is 10.9. The Balaban J connectivity index is 1.70. The van der Waals surface area contributed by atoms with Crippen LogP contribution in [0.15, 0.2) is 62.4 Å². The minimum absolute atomic E-state index is 0.110. The number of anilines is 1. The van der Waals surface area contributed by atoms with Gasteiger partial charge in [-0.25, -0.2) is 4.63 Å². The van der Waals surface area contributed by atoms with Gasteiger partial charge in [0.25, 0.3) is 5.91 Å². The maximum absolute atomic E-state index is 12.7. The second-order valence-electron chi connectivity index (χ2n) is 6.59. The molecule has 146 valence electrons. The fourth-order valence-corrected chi connectivity index (χ4v) is 3.20. The molecule has 2 heterocycles. The van der Waals surface area contributed by atoms with E-state index in [2.05, 4.69) is 28.6 Å². The highest BCUT2D eigenvalue weighted by Gasteiger charge is 2.20. The number of carbonyl (C=O) groups is 1. The van der Waals surface area contributed by atoms with Crippen LogP contribution in [0.5, 0.6) is 0 Å². The summed E-state index contributed by atoms with van der Waals surface area (Å²) in [5.74, 6) is -0.538. The lowest BCUT2D eigenvalue weighted by Gasteiger charge is -2.09. The van der Waals surface area contributed by atoms with Gasteiger partial charge in [-0.15, -0.1) is 0 Å². The van der Waals surface area contributed by atoms with Gasteiger partial charge in [0, 0.05) is 11.6 Å². The van der Waals surface area contributed by atoms with Gasteiger partial charge in [-0.05, 0) is 52.5 Å². The zero-order valence-electron chi connectivity index (χ0n) is 16.1. The van der Waals surface area contributed by atoms with Crippen molar-refractivity contribution in [3.05, 3.63) is 75.6 Å². The maximum atomic E-state index is 12.7. The van der Waals surface area contributed by atoms with Gasteiger partial charge in [0.2, 0.25) is 5.82 Å². The number of hydrogen-bond donors (Lipinski definition) is 1. The van der Waals surface area contributed by atoms with Crippen molar-refractivity contribution in [2.75, 3.05) is 5.32 Å². The van der Waals surface area contributed by atoms with Crippen LogP contribution in [0.25, 0.3) is 22.2 Å². The van der Waals surface area contributed by atoms with Crippen LogP contribution in [0.1, 0.15) is 35.5 Å². The summed E-state index contributed by atoms with van der Waals surface area (Å²) in [6.07, 6.45) is 1.66. The molecule has 7 heteroatoms. The molecule has 0 aliphatic rings. The molecule has 0 unspecified atom stereocenters. The summed E-state index contributed by atoms with van der Waals surface area (Å²) in [5.41, 5.74) is 3.53. The fourth-order valence-electron chi connectivity index (χ4n) is 3.20. The number of benzene rings is 2. The summed E-state index contributed by atoms with van der Waals surface area (Å²) < 4.78 is 10.5. The van der Waals surface area contributed by atoms with Crippen LogP contribution < -0.4 is 10.7 Å². The Hall–Kier alpha value is -3.74. The molecule has 0 aliphatic heterocycles. The third-order valence-corrected chi connectivity index (χ3v) is 4.80. The molecule has 2 aromatic heterocycles. The number of carbonyl (C=O) groups excluding carboxylic acids is 1. The summed E-state index contributed by atoms with van der Waals surface area (Å²) in [6, 6.07) is 14.1. The predicted molar refractivity (Wildman–Crippen MR) is 109 cm³/mol. The smallest absolute Gasteiger partial charge is 0.292 e. The SMILES string of the molecule is CCc1ccc(CC)c(-c2nonc2NC(=O)c2cc(=O)c3ccccc3o2)c1. The van der Waals surface area contributed by atoms with Crippen molar-refractivity contribution in [1.82, 2.24) is 10.3 Å². The van der Waals surface area contributed by atoms with Crippen molar-refractivity contribution >= 4 is 22.7 Å². The van der Waals surface area contributed by atoms with E-state index in [9.17, 15) is 9.59 Å². The van der Waals surface area contributed by atoms with Crippen LogP contribution in [0.3, 0.4) is 0 Å². The van der Waals surface area contributed by atoms with Gasteiger partial charge < -0.3 is 4.42 Å². The molecule has 0 radical (unpaired) electrons. The van der Waals surface area contributed by atoms with Crippen molar-refractivity contribution in [3.63, 3.8) is 0 Å². The van der Waals surface area contributed by atoms with Crippen LogP contribution in [0, 0.1) is 0 Å². The van der Waals surface area contributed by atoms with Gasteiger partial charge in [-0.3, -0.25) is 14.9 Å². The Morgan fingerprint density at radius 1 is 1.03 bits per heavy atom. The molecule has 4 rings (SSSR count). The number of para-hydroxylation sites is 1. The molecule has 0 saturated carbocycles.